The van der Waals surface area contributed by atoms with Gasteiger partial charge in [-0.15, -0.1) is 0 Å². The zero-order chi connectivity index (χ0) is 14.8. The van der Waals surface area contributed by atoms with E-state index in [1.807, 2.05) is 34.7 Å². The minimum atomic E-state index is -0.0920. The summed E-state index contributed by atoms with van der Waals surface area (Å²) in [6.07, 6.45) is 2.33. The Morgan fingerprint density at radius 1 is 1.33 bits per heavy atom. The van der Waals surface area contributed by atoms with Gasteiger partial charge in [-0.3, -0.25) is 4.79 Å². The smallest absolute Gasteiger partial charge is 0.255 e. The van der Waals surface area contributed by atoms with Crippen LogP contribution in [-0.4, -0.2) is 17.4 Å². The van der Waals surface area contributed by atoms with Gasteiger partial charge in [0.2, 0.25) is 0 Å². The first kappa shape index (κ1) is 14.2. The Morgan fingerprint density at radius 2 is 2.14 bits per heavy atom. The minimum Gasteiger partial charge on any atom is -0.458 e. The Bertz CT molecular complexity index is 789. The normalized spacial score (nSPS) is 11.0. The molecule has 21 heavy (non-hydrogen) atoms. The molecular weight excluding hydrogens is 379 g/mol. The molecule has 1 aromatic carbocycles. The minimum absolute atomic E-state index is 0.0920. The first-order valence-corrected chi connectivity index (χ1v) is 7.82. The summed E-state index contributed by atoms with van der Waals surface area (Å²) in [4.78, 5) is 15.4. The molecule has 0 saturated carbocycles. The molecule has 0 radical (unpaired) electrons. The number of carbonyl (C=O) groups is 1. The molecule has 0 saturated heterocycles. The second-order valence-corrected chi connectivity index (χ2v) is 5.87. The lowest BCUT2D eigenvalue weighted by Crippen LogP contribution is -2.26. The van der Waals surface area contributed by atoms with Crippen LogP contribution in [0, 0.1) is 10.7 Å². The molecule has 2 N–H and O–H groups in total. The van der Waals surface area contributed by atoms with Gasteiger partial charge >= 0.3 is 0 Å². The lowest BCUT2D eigenvalue weighted by atomic mass is 10.1. The number of aryl methyl sites for hydroxylation is 1. The number of benzene rings is 1. The van der Waals surface area contributed by atoms with E-state index in [2.05, 4.69) is 29.4 Å². The van der Waals surface area contributed by atoms with E-state index in [-0.39, 0.29) is 5.91 Å². The molecule has 108 valence electrons. The lowest BCUT2D eigenvalue weighted by Gasteiger charge is -2.05. The van der Waals surface area contributed by atoms with E-state index < -0.39 is 0 Å². The maximum absolute atomic E-state index is 12.0. The van der Waals surface area contributed by atoms with Crippen LogP contribution < -0.4 is 5.32 Å². The SMILES string of the molecule is Cc1[nH]c2ccccc2c1CCNC(=O)c1ccoc1I. The molecule has 0 spiro atoms. The van der Waals surface area contributed by atoms with Crippen molar-refractivity contribution in [3.05, 3.63) is 57.2 Å². The van der Waals surface area contributed by atoms with Crippen molar-refractivity contribution in [1.29, 1.82) is 0 Å². The first-order valence-electron chi connectivity index (χ1n) is 6.74. The second kappa shape index (κ2) is 5.93. The fraction of sp³-hybridized carbons (Fsp3) is 0.188. The molecule has 1 amide bonds. The highest BCUT2D eigenvalue weighted by atomic mass is 127. The summed E-state index contributed by atoms with van der Waals surface area (Å²) in [5, 5.41) is 4.16. The topological polar surface area (TPSA) is 58.0 Å². The van der Waals surface area contributed by atoms with Crippen molar-refractivity contribution in [2.24, 2.45) is 0 Å². The summed E-state index contributed by atoms with van der Waals surface area (Å²) in [7, 11) is 0. The van der Waals surface area contributed by atoms with Crippen molar-refractivity contribution < 1.29 is 9.21 Å². The number of aromatic amines is 1. The number of H-pyrrole nitrogens is 1. The molecular formula is C16H15IN2O2. The van der Waals surface area contributed by atoms with Crippen LogP contribution in [0.1, 0.15) is 21.6 Å². The number of para-hydroxylation sites is 1. The van der Waals surface area contributed by atoms with Crippen LogP contribution in [-0.2, 0) is 6.42 Å². The van der Waals surface area contributed by atoms with E-state index in [1.165, 1.54) is 17.2 Å². The monoisotopic (exact) mass is 394 g/mol. The van der Waals surface area contributed by atoms with E-state index in [0.29, 0.717) is 15.9 Å². The van der Waals surface area contributed by atoms with Crippen molar-refractivity contribution in [2.75, 3.05) is 6.54 Å². The van der Waals surface area contributed by atoms with Gasteiger partial charge in [-0.05, 0) is 31.0 Å². The quantitative estimate of drug-likeness (QED) is 0.664. The maximum Gasteiger partial charge on any atom is 0.255 e. The molecule has 0 fully saturated rings. The second-order valence-electron chi connectivity index (χ2n) is 4.89. The number of hydrogen-bond acceptors (Lipinski definition) is 2. The molecule has 4 nitrogen and oxygen atoms in total. The zero-order valence-corrected chi connectivity index (χ0v) is 13.7. The van der Waals surface area contributed by atoms with Crippen LogP contribution in [0.4, 0.5) is 0 Å². The summed E-state index contributed by atoms with van der Waals surface area (Å²) in [6, 6.07) is 9.91. The van der Waals surface area contributed by atoms with Gasteiger partial charge in [-0.1, -0.05) is 18.2 Å². The van der Waals surface area contributed by atoms with Crippen molar-refractivity contribution in [3.8, 4) is 0 Å². The van der Waals surface area contributed by atoms with Gasteiger partial charge < -0.3 is 14.7 Å². The van der Waals surface area contributed by atoms with Gasteiger partial charge in [0.15, 0.2) is 3.77 Å². The van der Waals surface area contributed by atoms with Crippen molar-refractivity contribution in [3.63, 3.8) is 0 Å². The third-order valence-electron chi connectivity index (χ3n) is 3.55. The number of halogens is 1. The standard InChI is InChI=1S/C16H15IN2O2/c1-10-11(12-4-2-3-5-14(12)19-10)6-8-18-16(20)13-7-9-21-15(13)17/h2-5,7,9,19H,6,8H2,1H3,(H,18,20). The molecule has 0 unspecified atom stereocenters. The van der Waals surface area contributed by atoms with Crippen molar-refractivity contribution in [2.45, 2.75) is 13.3 Å². The molecule has 0 aliphatic heterocycles. The summed E-state index contributed by atoms with van der Waals surface area (Å²) in [5.41, 5.74) is 4.14. The average molecular weight is 394 g/mol. The number of furan rings is 1. The Labute approximate surface area is 136 Å². The summed E-state index contributed by atoms with van der Waals surface area (Å²) in [5.74, 6) is -0.0920. The van der Waals surface area contributed by atoms with Gasteiger partial charge in [0.25, 0.3) is 5.91 Å². The van der Waals surface area contributed by atoms with E-state index in [0.717, 1.165) is 17.6 Å². The van der Waals surface area contributed by atoms with Gasteiger partial charge in [0.1, 0.15) is 0 Å². The highest BCUT2D eigenvalue weighted by molar-refractivity contribution is 14.1. The van der Waals surface area contributed by atoms with Crippen molar-refractivity contribution in [1.82, 2.24) is 10.3 Å². The third kappa shape index (κ3) is 2.83. The van der Waals surface area contributed by atoms with Gasteiger partial charge in [-0.2, -0.15) is 0 Å². The molecule has 0 bridgehead atoms. The van der Waals surface area contributed by atoms with E-state index in [9.17, 15) is 4.79 Å². The largest absolute Gasteiger partial charge is 0.458 e. The highest BCUT2D eigenvalue weighted by Gasteiger charge is 2.13. The molecule has 2 heterocycles. The number of rotatable bonds is 4. The molecule has 3 rings (SSSR count). The van der Waals surface area contributed by atoms with E-state index in [4.69, 9.17) is 4.42 Å². The van der Waals surface area contributed by atoms with E-state index in [1.54, 1.807) is 6.07 Å². The predicted molar refractivity (Wildman–Crippen MR) is 90.5 cm³/mol. The number of amides is 1. The Kier molecular flexibility index (Phi) is 4.01. The number of fused-ring (bicyclic) bond motifs is 1. The van der Waals surface area contributed by atoms with Crippen LogP contribution in [0.2, 0.25) is 0 Å². The van der Waals surface area contributed by atoms with Crippen LogP contribution in [0.3, 0.4) is 0 Å². The van der Waals surface area contributed by atoms with E-state index >= 15 is 0 Å². The first-order chi connectivity index (χ1) is 10.2. The Morgan fingerprint density at radius 3 is 2.90 bits per heavy atom. The molecule has 0 aliphatic rings. The van der Waals surface area contributed by atoms with Gasteiger partial charge in [-0.25, -0.2) is 0 Å². The fourth-order valence-electron chi connectivity index (χ4n) is 2.51. The summed E-state index contributed by atoms with van der Waals surface area (Å²) in [6.45, 7) is 2.67. The van der Waals surface area contributed by atoms with Crippen LogP contribution in [0.25, 0.3) is 10.9 Å². The molecule has 2 aromatic heterocycles. The maximum atomic E-state index is 12.0. The summed E-state index contributed by atoms with van der Waals surface area (Å²) < 4.78 is 5.75. The Balaban J connectivity index is 1.69. The number of aromatic nitrogens is 1. The van der Waals surface area contributed by atoms with Crippen LogP contribution >= 0.6 is 22.6 Å². The van der Waals surface area contributed by atoms with Crippen LogP contribution in [0.5, 0.6) is 0 Å². The average Bonchev–Trinajstić information content (AvgIpc) is 3.03. The number of nitrogens with one attached hydrogen (secondary N) is 2. The lowest BCUT2D eigenvalue weighted by molar-refractivity contribution is 0.0952. The van der Waals surface area contributed by atoms with Crippen molar-refractivity contribution >= 4 is 39.4 Å². The third-order valence-corrected chi connectivity index (χ3v) is 4.39. The molecule has 3 aromatic rings. The van der Waals surface area contributed by atoms with Crippen LogP contribution in [0.15, 0.2) is 41.0 Å². The number of carbonyl (C=O) groups excluding carboxylic acids is 1. The summed E-state index contributed by atoms with van der Waals surface area (Å²) >= 11 is 2.02. The molecule has 0 atom stereocenters. The zero-order valence-electron chi connectivity index (χ0n) is 11.6. The number of hydrogen-bond donors (Lipinski definition) is 2. The van der Waals surface area contributed by atoms with Gasteiger partial charge in [0.05, 0.1) is 11.8 Å². The highest BCUT2D eigenvalue weighted by Crippen LogP contribution is 2.22. The Hall–Kier alpha value is -1.76. The molecule has 0 aliphatic carbocycles. The predicted octanol–water partition coefficient (Wildman–Crippen LogP) is 3.65. The van der Waals surface area contributed by atoms with Gasteiger partial charge in [0, 0.05) is 45.7 Å². The fourth-order valence-corrected chi connectivity index (χ4v) is 3.08. The molecule has 5 heteroatoms.